The fourth-order valence-electron chi connectivity index (χ4n) is 1.40. The highest BCUT2D eigenvalue weighted by Crippen LogP contribution is 2.16. The first kappa shape index (κ1) is 10.5. The Balaban J connectivity index is 2.40. The van der Waals surface area contributed by atoms with Crippen molar-refractivity contribution in [3.05, 3.63) is 0 Å². The number of hydrogen-bond donors (Lipinski definition) is 2. The number of nitrogens with one attached hydrogen (secondary N) is 1. The van der Waals surface area contributed by atoms with Gasteiger partial charge in [-0.3, -0.25) is 10.2 Å². The molecule has 0 atom stereocenters. The number of rotatable bonds is 3. The molecular formula is C9H18N2O2. The molecule has 76 valence electrons. The molecule has 2 N–H and O–H groups in total. The van der Waals surface area contributed by atoms with Gasteiger partial charge in [0.05, 0.1) is 0 Å². The molecule has 0 spiro atoms. The molecule has 1 saturated heterocycles. The average molecular weight is 186 g/mol. The van der Waals surface area contributed by atoms with E-state index in [2.05, 4.69) is 5.43 Å². The van der Waals surface area contributed by atoms with Gasteiger partial charge in [-0.05, 0) is 6.42 Å². The topological polar surface area (TPSA) is 52.6 Å². The van der Waals surface area contributed by atoms with Crippen molar-refractivity contribution in [3.8, 4) is 0 Å². The minimum Gasteiger partial charge on any atom is -0.396 e. The van der Waals surface area contributed by atoms with Crippen LogP contribution in [-0.4, -0.2) is 35.7 Å². The number of hydrazine groups is 1. The predicted octanol–water partition coefficient (Wildman–Crippen LogP) is 0.132. The highest BCUT2D eigenvalue weighted by Gasteiger charge is 2.24. The maximum absolute atomic E-state index is 11.0. The van der Waals surface area contributed by atoms with E-state index in [9.17, 15) is 4.79 Å². The summed E-state index contributed by atoms with van der Waals surface area (Å²) in [6, 6.07) is 0. The molecule has 4 heteroatoms. The SMILES string of the molecule is CC(C)(CO)CN1CCCC(=O)N1. The second-order valence-electron chi connectivity index (χ2n) is 4.38. The summed E-state index contributed by atoms with van der Waals surface area (Å²) in [6.07, 6.45) is 1.53. The zero-order valence-corrected chi connectivity index (χ0v) is 8.34. The molecule has 0 bridgehead atoms. The average Bonchev–Trinajstić information content (AvgIpc) is 2.03. The van der Waals surface area contributed by atoms with Crippen LogP contribution in [0.5, 0.6) is 0 Å². The first-order valence-corrected chi connectivity index (χ1v) is 4.69. The van der Waals surface area contributed by atoms with Gasteiger partial charge in [-0.25, -0.2) is 5.01 Å². The van der Waals surface area contributed by atoms with Crippen LogP contribution in [0.25, 0.3) is 0 Å². The molecule has 1 rings (SSSR count). The number of carbonyl (C=O) groups is 1. The standard InChI is InChI=1S/C9H18N2O2/c1-9(2,7-12)6-11-5-3-4-8(13)10-11/h12H,3-7H2,1-2H3,(H,10,13). The molecule has 0 aromatic rings. The van der Waals surface area contributed by atoms with Crippen molar-refractivity contribution in [1.82, 2.24) is 10.4 Å². The van der Waals surface area contributed by atoms with E-state index in [1.165, 1.54) is 0 Å². The number of carbonyl (C=O) groups excluding carboxylic acids is 1. The molecule has 0 radical (unpaired) electrons. The van der Waals surface area contributed by atoms with E-state index in [4.69, 9.17) is 5.11 Å². The monoisotopic (exact) mass is 186 g/mol. The maximum atomic E-state index is 11.0. The van der Waals surface area contributed by atoms with Crippen LogP contribution in [0.15, 0.2) is 0 Å². The van der Waals surface area contributed by atoms with Gasteiger partial charge >= 0.3 is 0 Å². The van der Waals surface area contributed by atoms with Crippen LogP contribution in [0.3, 0.4) is 0 Å². The maximum Gasteiger partial charge on any atom is 0.234 e. The largest absolute Gasteiger partial charge is 0.396 e. The lowest BCUT2D eigenvalue weighted by Gasteiger charge is -2.33. The van der Waals surface area contributed by atoms with Crippen LogP contribution in [0.1, 0.15) is 26.7 Å². The molecule has 0 aromatic heterocycles. The van der Waals surface area contributed by atoms with E-state index >= 15 is 0 Å². The lowest BCUT2D eigenvalue weighted by molar-refractivity contribution is -0.129. The minimum absolute atomic E-state index is 0.0833. The van der Waals surface area contributed by atoms with Crippen molar-refractivity contribution in [1.29, 1.82) is 0 Å². The van der Waals surface area contributed by atoms with Gasteiger partial charge in [0, 0.05) is 31.5 Å². The zero-order valence-electron chi connectivity index (χ0n) is 8.34. The fourth-order valence-corrected chi connectivity index (χ4v) is 1.40. The lowest BCUT2D eigenvalue weighted by atomic mass is 9.94. The Morgan fingerprint density at radius 2 is 2.31 bits per heavy atom. The summed E-state index contributed by atoms with van der Waals surface area (Å²) < 4.78 is 0. The lowest BCUT2D eigenvalue weighted by Crippen LogP contribution is -2.50. The number of amides is 1. The molecule has 1 aliphatic rings. The third-order valence-corrected chi connectivity index (χ3v) is 2.16. The Kier molecular flexibility index (Phi) is 3.27. The van der Waals surface area contributed by atoms with Crippen molar-refractivity contribution in [2.45, 2.75) is 26.7 Å². The molecule has 1 amide bonds. The summed E-state index contributed by atoms with van der Waals surface area (Å²) in [7, 11) is 0. The van der Waals surface area contributed by atoms with Crippen LogP contribution < -0.4 is 5.43 Å². The highest BCUT2D eigenvalue weighted by molar-refractivity contribution is 5.75. The first-order valence-electron chi connectivity index (χ1n) is 4.69. The smallest absolute Gasteiger partial charge is 0.234 e. The van der Waals surface area contributed by atoms with E-state index in [1.54, 1.807) is 0 Å². The van der Waals surface area contributed by atoms with Crippen LogP contribution in [0, 0.1) is 5.41 Å². The zero-order chi connectivity index (χ0) is 9.90. The van der Waals surface area contributed by atoms with Gasteiger partial charge < -0.3 is 5.11 Å². The number of aliphatic hydroxyl groups excluding tert-OH is 1. The molecule has 4 nitrogen and oxygen atoms in total. The predicted molar refractivity (Wildman–Crippen MR) is 49.8 cm³/mol. The van der Waals surface area contributed by atoms with E-state index < -0.39 is 0 Å². The minimum atomic E-state index is -0.148. The van der Waals surface area contributed by atoms with Crippen LogP contribution in [-0.2, 0) is 4.79 Å². The molecule has 1 fully saturated rings. The molecule has 0 aromatic carbocycles. The summed E-state index contributed by atoms with van der Waals surface area (Å²) in [5.74, 6) is 0.0833. The number of nitrogens with zero attached hydrogens (tertiary/aromatic N) is 1. The van der Waals surface area contributed by atoms with Gasteiger partial charge in [0.15, 0.2) is 0 Å². The summed E-state index contributed by atoms with van der Waals surface area (Å²) >= 11 is 0. The number of aliphatic hydroxyl groups is 1. The summed E-state index contributed by atoms with van der Waals surface area (Å²) in [5, 5.41) is 10.9. The van der Waals surface area contributed by atoms with Crippen molar-refractivity contribution in [3.63, 3.8) is 0 Å². The Labute approximate surface area is 78.9 Å². The van der Waals surface area contributed by atoms with E-state index in [0.717, 1.165) is 13.0 Å². The molecule has 0 unspecified atom stereocenters. The van der Waals surface area contributed by atoms with Gasteiger partial charge in [-0.15, -0.1) is 0 Å². The summed E-state index contributed by atoms with van der Waals surface area (Å²) in [6.45, 7) is 5.69. The number of hydrogen-bond acceptors (Lipinski definition) is 3. The Bertz CT molecular complexity index is 192. The molecular weight excluding hydrogens is 168 g/mol. The normalized spacial score (nSPS) is 20.1. The molecule has 1 heterocycles. The van der Waals surface area contributed by atoms with E-state index in [1.807, 2.05) is 18.9 Å². The highest BCUT2D eigenvalue weighted by atomic mass is 16.3. The summed E-state index contributed by atoms with van der Waals surface area (Å²) in [4.78, 5) is 11.0. The van der Waals surface area contributed by atoms with Crippen molar-refractivity contribution >= 4 is 5.91 Å². The third-order valence-electron chi connectivity index (χ3n) is 2.16. The Morgan fingerprint density at radius 3 is 2.85 bits per heavy atom. The summed E-state index contributed by atoms with van der Waals surface area (Å²) in [5.41, 5.74) is 2.64. The van der Waals surface area contributed by atoms with Gasteiger partial charge in [-0.2, -0.15) is 0 Å². The van der Waals surface area contributed by atoms with Gasteiger partial charge in [0.2, 0.25) is 5.91 Å². The quantitative estimate of drug-likeness (QED) is 0.659. The Hall–Kier alpha value is -0.610. The Morgan fingerprint density at radius 1 is 1.62 bits per heavy atom. The fraction of sp³-hybridized carbons (Fsp3) is 0.889. The van der Waals surface area contributed by atoms with Crippen molar-refractivity contribution in [2.24, 2.45) is 5.41 Å². The second kappa shape index (κ2) is 4.07. The van der Waals surface area contributed by atoms with Gasteiger partial charge in [0.1, 0.15) is 0 Å². The molecule has 0 saturated carbocycles. The van der Waals surface area contributed by atoms with Crippen LogP contribution in [0.2, 0.25) is 0 Å². The third kappa shape index (κ3) is 3.32. The second-order valence-corrected chi connectivity index (χ2v) is 4.38. The van der Waals surface area contributed by atoms with Gasteiger partial charge in [-0.1, -0.05) is 13.8 Å². The molecule has 1 aliphatic heterocycles. The van der Waals surface area contributed by atoms with Gasteiger partial charge in [0.25, 0.3) is 0 Å². The van der Waals surface area contributed by atoms with Crippen LogP contribution >= 0.6 is 0 Å². The van der Waals surface area contributed by atoms with E-state index in [-0.39, 0.29) is 17.9 Å². The van der Waals surface area contributed by atoms with Crippen molar-refractivity contribution in [2.75, 3.05) is 19.7 Å². The molecule has 13 heavy (non-hydrogen) atoms. The van der Waals surface area contributed by atoms with E-state index in [0.29, 0.717) is 13.0 Å². The van der Waals surface area contributed by atoms with Crippen LogP contribution in [0.4, 0.5) is 0 Å². The first-order chi connectivity index (χ1) is 6.03. The van der Waals surface area contributed by atoms with Crippen molar-refractivity contribution < 1.29 is 9.90 Å². The molecule has 0 aliphatic carbocycles.